The van der Waals surface area contributed by atoms with Crippen molar-refractivity contribution in [3.05, 3.63) is 35.9 Å². The molecule has 86 valence electrons. The molecule has 0 bridgehead atoms. The van der Waals surface area contributed by atoms with Crippen LogP contribution in [-0.4, -0.2) is 23.9 Å². The summed E-state index contributed by atoms with van der Waals surface area (Å²) >= 11 is 2.91. The minimum atomic E-state index is -0.557. The SMILES string of the molecule is O=C(CBr)OCC(=O)OCc1ccccc1. The number of ether oxygens (including phenoxy) is 2. The number of benzene rings is 1. The lowest BCUT2D eigenvalue weighted by Crippen LogP contribution is -2.16. The first kappa shape index (κ1) is 12.7. The first-order valence-electron chi connectivity index (χ1n) is 4.63. The topological polar surface area (TPSA) is 52.6 Å². The first-order chi connectivity index (χ1) is 7.72. The van der Waals surface area contributed by atoms with Crippen LogP contribution in [0.15, 0.2) is 30.3 Å². The predicted octanol–water partition coefficient (Wildman–Crippen LogP) is 1.67. The van der Waals surface area contributed by atoms with Gasteiger partial charge in [0.15, 0.2) is 6.61 Å². The number of halogens is 1. The predicted molar refractivity (Wildman–Crippen MR) is 61.0 cm³/mol. The minimum absolute atomic E-state index is 0.0684. The Morgan fingerprint density at radius 3 is 2.38 bits per heavy atom. The van der Waals surface area contributed by atoms with Crippen LogP contribution >= 0.6 is 15.9 Å². The summed E-state index contributed by atoms with van der Waals surface area (Å²) in [6.07, 6.45) is 0. The third-order valence-corrected chi connectivity index (χ3v) is 2.16. The maximum atomic E-state index is 11.1. The molecule has 0 saturated heterocycles. The second-order valence-electron chi connectivity index (χ2n) is 2.94. The molecule has 0 aliphatic carbocycles. The molecule has 16 heavy (non-hydrogen) atoms. The number of hydrogen-bond acceptors (Lipinski definition) is 4. The zero-order valence-corrected chi connectivity index (χ0v) is 10.1. The van der Waals surface area contributed by atoms with Crippen LogP contribution in [-0.2, 0) is 25.7 Å². The van der Waals surface area contributed by atoms with Gasteiger partial charge >= 0.3 is 11.9 Å². The molecule has 0 aromatic heterocycles. The van der Waals surface area contributed by atoms with Crippen LogP contribution in [0, 0.1) is 0 Å². The number of carbonyl (C=O) groups excluding carboxylic acids is 2. The minimum Gasteiger partial charge on any atom is -0.458 e. The highest BCUT2D eigenvalue weighted by molar-refractivity contribution is 9.09. The second kappa shape index (κ2) is 7.00. The maximum Gasteiger partial charge on any atom is 0.344 e. The summed E-state index contributed by atoms with van der Waals surface area (Å²) in [5.74, 6) is -1.05. The fraction of sp³-hybridized carbons (Fsp3) is 0.273. The fourth-order valence-electron chi connectivity index (χ4n) is 0.958. The Bertz CT molecular complexity index is 350. The number of rotatable bonds is 5. The number of esters is 2. The van der Waals surface area contributed by atoms with Crippen LogP contribution in [0.25, 0.3) is 0 Å². The van der Waals surface area contributed by atoms with Gasteiger partial charge in [0, 0.05) is 0 Å². The van der Waals surface area contributed by atoms with Gasteiger partial charge in [-0.15, -0.1) is 0 Å². The molecule has 5 heteroatoms. The molecule has 0 aliphatic rings. The monoisotopic (exact) mass is 286 g/mol. The third-order valence-electron chi connectivity index (χ3n) is 1.70. The molecule has 0 aliphatic heterocycles. The molecule has 0 fully saturated rings. The molecule has 0 N–H and O–H groups in total. The molecule has 0 radical (unpaired) electrons. The highest BCUT2D eigenvalue weighted by Gasteiger charge is 2.07. The Labute approximate surface area is 102 Å². The van der Waals surface area contributed by atoms with Gasteiger partial charge in [-0.3, -0.25) is 4.79 Å². The molecule has 1 rings (SSSR count). The first-order valence-corrected chi connectivity index (χ1v) is 5.75. The van der Waals surface area contributed by atoms with Crippen molar-refractivity contribution < 1.29 is 19.1 Å². The van der Waals surface area contributed by atoms with E-state index in [0.717, 1.165) is 5.56 Å². The van der Waals surface area contributed by atoms with Gasteiger partial charge in [-0.2, -0.15) is 0 Å². The van der Waals surface area contributed by atoms with E-state index in [9.17, 15) is 9.59 Å². The van der Waals surface area contributed by atoms with Crippen molar-refractivity contribution in [2.75, 3.05) is 11.9 Å². The second-order valence-corrected chi connectivity index (χ2v) is 3.50. The summed E-state index contributed by atoms with van der Waals surface area (Å²) in [4.78, 5) is 21.8. The van der Waals surface area contributed by atoms with E-state index in [1.54, 1.807) is 0 Å². The molecule has 0 amide bonds. The Balaban J connectivity index is 2.23. The van der Waals surface area contributed by atoms with Crippen molar-refractivity contribution in [2.45, 2.75) is 6.61 Å². The molecule has 1 aromatic carbocycles. The summed E-state index contributed by atoms with van der Waals surface area (Å²) in [5, 5.41) is 0.0684. The molecule has 0 unspecified atom stereocenters. The van der Waals surface area contributed by atoms with Crippen LogP contribution in [0.4, 0.5) is 0 Å². The van der Waals surface area contributed by atoms with E-state index >= 15 is 0 Å². The lowest BCUT2D eigenvalue weighted by molar-refractivity contribution is -0.158. The lowest BCUT2D eigenvalue weighted by Gasteiger charge is -2.05. The summed E-state index contributed by atoms with van der Waals surface area (Å²) in [5.41, 5.74) is 0.891. The summed E-state index contributed by atoms with van der Waals surface area (Å²) < 4.78 is 9.47. The Morgan fingerprint density at radius 1 is 1.06 bits per heavy atom. The third kappa shape index (κ3) is 4.93. The van der Waals surface area contributed by atoms with Crippen LogP contribution in [0.5, 0.6) is 0 Å². The standard InChI is InChI=1S/C11H11BrO4/c12-6-10(13)16-8-11(14)15-7-9-4-2-1-3-5-9/h1-5H,6-8H2. The van der Waals surface area contributed by atoms with E-state index in [1.165, 1.54) is 0 Å². The van der Waals surface area contributed by atoms with Gasteiger partial charge in [-0.1, -0.05) is 46.3 Å². The molecular formula is C11H11BrO4. The van der Waals surface area contributed by atoms with E-state index < -0.39 is 11.9 Å². The molecule has 1 aromatic rings. The van der Waals surface area contributed by atoms with Gasteiger partial charge in [0.1, 0.15) is 11.9 Å². The zero-order valence-electron chi connectivity index (χ0n) is 8.52. The van der Waals surface area contributed by atoms with Gasteiger partial charge in [0.25, 0.3) is 0 Å². The molecule has 0 spiro atoms. The highest BCUT2D eigenvalue weighted by Crippen LogP contribution is 2.00. The Morgan fingerprint density at radius 2 is 1.75 bits per heavy atom. The van der Waals surface area contributed by atoms with Gasteiger partial charge in [-0.25, -0.2) is 4.79 Å². The highest BCUT2D eigenvalue weighted by atomic mass is 79.9. The molecule has 0 saturated carbocycles. The van der Waals surface area contributed by atoms with Crippen LogP contribution in [0.1, 0.15) is 5.56 Å². The van der Waals surface area contributed by atoms with E-state index in [2.05, 4.69) is 20.7 Å². The fourth-order valence-corrected chi connectivity index (χ4v) is 1.12. The van der Waals surface area contributed by atoms with E-state index in [1.807, 2.05) is 30.3 Å². The van der Waals surface area contributed by atoms with Gasteiger partial charge in [0.2, 0.25) is 0 Å². The van der Waals surface area contributed by atoms with Crippen LogP contribution < -0.4 is 0 Å². The normalized spacial score (nSPS) is 9.56. The Kier molecular flexibility index (Phi) is 5.56. The van der Waals surface area contributed by atoms with Crippen LogP contribution in [0.3, 0.4) is 0 Å². The van der Waals surface area contributed by atoms with Gasteiger partial charge in [-0.05, 0) is 5.56 Å². The summed E-state index contributed by atoms with van der Waals surface area (Å²) in [6.45, 7) is -0.164. The number of hydrogen-bond donors (Lipinski definition) is 0. The van der Waals surface area contributed by atoms with Crippen molar-refractivity contribution >= 4 is 27.9 Å². The zero-order chi connectivity index (χ0) is 11.8. The van der Waals surface area contributed by atoms with E-state index in [-0.39, 0.29) is 18.5 Å². The number of alkyl halides is 1. The largest absolute Gasteiger partial charge is 0.458 e. The lowest BCUT2D eigenvalue weighted by atomic mass is 10.2. The molecular weight excluding hydrogens is 276 g/mol. The average molecular weight is 287 g/mol. The van der Waals surface area contributed by atoms with Crippen molar-refractivity contribution in [3.8, 4) is 0 Å². The smallest absolute Gasteiger partial charge is 0.344 e. The summed E-state index contributed by atoms with van der Waals surface area (Å²) in [6, 6.07) is 9.28. The van der Waals surface area contributed by atoms with Gasteiger partial charge in [0.05, 0.1) is 0 Å². The van der Waals surface area contributed by atoms with Crippen molar-refractivity contribution in [1.29, 1.82) is 0 Å². The quantitative estimate of drug-likeness (QED) is 0.610. The van der Waals surface area contributed by atoms with E-state index in [0.29, 0.717) is 0 Å². The average Bonchev–Trinajstić information content (AvgIpc) is 2.34. The van der Waals surface area contributed by atoms with Crippen molar-refractivity contribution in [2.24, 2.45) is 0 Å². The van der Waals surface area contributed by atoms with E-state index in [4.69, 9.17) is 4.74 Å². The maximum absolute atomic E-state index is 11.1. The molecule has 0 atom stereocenters. The molecule has 0 heterocycles. The molecule has 4 nitrogen and oxygen atoms in total. The van der Waals surface area contributed by atoms with Gasteiger partial charge < -0.3 is 9.47 Å². The Hall–Kier alpha value is -1.36. The van der Waals surface area contributed by atoms with Crippen molar-refractivity contribution in [3.63, 3.8) is 0 Å². The van der Waals surface area contributed by atoms with Crippen molar-refractivity contribution in [1.82, 2.24) is 0 Å². The number of carbonyl (C=O) groups is 2. The summed E-state index contributed by atoms with van der Waals surface area (Å²) in [7, 11) is 0. The van der Waals surface area contributed by atoms with Crippen LogP contribution in [0.2, 0.25) is 0 Å².